The van der Waals surface area contributed by atoms with Crippen LogP contribution in [0.5, 0.6) is 0 Å². The average molecular weight is 501 g/mol. The molecule has 0 radical (unpaired) electrons. The van der Waals surface area contributed by atoms with Crippen molar-refractivity contribution in [2.24, 2.45) is 0 Å². The van der Waals surface area contributed by atoms with Gasteiger partial charge in [-0.2, -0.15) is 0 Å². The first-order valence-corrected chi connectivity index (χ1v) is 14.0. The molecule has 3 aromatic carbocycles. The Morgan fingerprint density at radius 2 is 1.44 bits per heavy atom. The third-order valence-corrected chi connectivity index (χ3v) is 8.29. The van der Waals surface area contributed by atoms with Gasteiger partial charge in [0.25, 0.3) is 10.0 Å². The van der Waals surface area contributed by atoms with E-state index in [-0.39, 0.29) is 9.79 Å². The number of carbonyl (C=O) groups is 1. The Balaban J connectivity index is 1.86. The number of amides is 1. The Labute approximate surface area is 201 Å². The summed E-state index contributed by atoms with van der Waals surface area (Å²) < 4.78 is 51.4. The van der Waals surface area contributed by atoms with Crippen LogP contribution in [0.3, 0.4) is 0 Å². The summed E-state index contributed by atoms with van der Waals surface area (Å²) in [6, 6.07) is 19.2. The van der Waals surface area contributed by atoms with Crippen molar-refractivity contribution >= 4 is 31.5 Å². The summed E-state index contributed by atoms with van der Waals surface area (Å²) >= 11 is 0. The number of hydrogen-bond donors (Lipinski definition) is 1. The van der Waals surface area contributed by atoms with E-state index in [9.17, 15) is 21.6 Å². The maximum Gasteiger partial charge on any atom is 0.264 e. The van der Waals surface area contributed by atoms with E-state index in [1.54, 1.807) is 49.4 Å². The molecular weight excluding hydrogens is 472 g/mol. The molecule has 9 heteroatoms. The van der Waals surface area contributed by atoms with E-state index >= 15 is 0 Å². The number of rotatable bonds is 8. The fourth-order valence-corrected chi connectivity index (χ4v) is 5.48. The molecule has 0 aromatic heterocycles. The van der Waals surface area contributed by atoms with Gasteiger partial charge in [0.1, 0.15) is 6.54 Å². The summed E-state index contributed by atoms with van der Waals surface area (Å²) in [5.41, 5.74) is 2.88. The standard InChI is InChI=1S/C25H28N2O5S2/c1-18-8-12-24(13-9-18)34(31,32)27(22-7-5-6-19(2)16-22)17-25(28)26-20(3)21-10-14-23(15-11-21)33(4,29)30/h5-16,20H,17H2,1-4H3,(H,26,28). The quantitative estimate of drug-likeness (QED) is 0.507. The number of aryl methyl sites for hydroxylation is 2. The predicted octanol–water partition coefficient (Wildman–Crippen LogP) is 3.78. The fraction of sp³-hybridized carbons (Fsp3) is 0.240. The second kappa shape index (κ2) is 9.99. The van der Waals surface area contributed by atoms with Gasteiger partial charge in [-0.05, 0) is 68.3 Å². The van der Waals surface area contributed by atoms with Crippen molar-refractivity contribution in [3.8, 4) is 0 Å². The number of benzene rings is 3. The van der Waals surface area contributed by atoms with E-state index in [0.29, 0.717) is 11.3 Å². The van der Waals surface area contributed by atoms with Crippen molar-refractivity contribution in [3.63, 3.8) is 0 Å². The number of nitrogens with one attached hydrogen (secondary N) is 1. The molecular formula is C25H28N2O5S2. The van der Waals surface area contributed by atoms with E-state index in [0.717, 1.165) is 21.7 Å². The zero-order valence-corrected chi connectivity index (χ0v) is 21.2. The lowest BCUT2D eigenvalue weighted by molar-refractivity contribution is -0.120. The van der Waals surface area contributed by atoms with Crippen LogP contribution in [-0.2, 0) is 24.7 Å². The molecule has 0 aliphatic rings. The molecule has 34 heavy (non-hydrogen) atoms. The van der Waals surface area contributed by atoms with Crippen LogP contribution in [0.1, 0.15) is 29.7 Å². The second-order valence-corrected chi connectivity index (χ2v) is 12.2. The highest BCUT2D eigenvalue weighted by Crippen LogP contribution is 2.25. The monoisotopic (exact) mass is 500 g/mol. The van der Waals surface area contributed by atoms with Gasteiger partial charge in [-0.25, -0.2) is 16.8 Å². The Hall–Kier alpha value is -3.17. The Bertz CT molecular complexity index is 1380. The van der Waals surface area contributed by atoms with Crippen LogP contribution < -0.4 is 9.62 Å². The van der Waals surface area contributed by atoms with Crippen LogP contribution in [-0.4, -0.2) is 35.5 Å². The topological polar surface area (TPSA) is 101 Å². The predicted molar refractivity (Wildman–Crippen MR) is 133 cm³/mol. The summed E-state index contributed by atoms with van der Waals surface area (Å²) in [5.74, 6) is -0.489. The normalized spacial score (nSPS) is 12.7. The van der Waals surface area contributed by atoms with Gasteiger partial charge >= 0.3 is 0 Å². The summed E-state index contributed by atoms with van der Waals surface area (Å²) in [7, 11) is -7.32. The third-order valence-electron chi connectivity index (χ3n) is 5.37. The van der Waals surface area contributed by atoms with Gasteiger partial charge in [0, 0.05) is 6.26 Å². The van der Waals surface area contributed by atoms with Crippen molar-refractivity contribution in [2.75, 3.05) is 17.1 Å². The maximum absolute atomic E-state index is 13.5. The number of carbonyl (C=O) groups excluding carboxylic acids is 1. The molecule has 0 fully saturated rings. The minimum atomic E-state index is -4.00. The SMILES string of the molecule is Cc1ccc(S(=O)(=O)N(CC(=O)NC(C)c2ccc(S(C)(=O)=O)cc2)c2cccc(C)c2)cc1. The molecule has 1 unspecified atom stereocenters. The van der Waals surface area contributed by atoms with Gasteiger partial charge in [0.2, 0.25) is 5.91 Å². The molecule has 1 amide bonds. The van der Waals surface area contributed by atoms with Crippen LogP contribution in [0.25, 0.3) is 0 Å². The molecule has 0 saturated heterocycles. The molecule has 1 atom stereocenters. The molecule has 0 bridgehead atoms. The fourth-order valence-electron chi connectivity index (χ4n) is 3.44. The first-order chi connectivity index (χ1) is 15.9. The lowest BCUT2D eigenvalue weighted by atomic mass is 10.1. The minimum Gasteiger partial charge on any atom is -0.348 e. The zero-order valence-electron chi connectivity index (χ0n) is 19.5. The van der Waals surface area contributed by atoms with Gasteiger partial charge in [-0.15, -0.1) is 0 Å². The van der Waals surface area contributed by atoms with E-state index in [1.165, 1.54) is 24.3 Å². The van der Waals surface area contributed by atoms with Crippen LogP contribution in [0.4, 0.5) is 5.69 Å². The highest BCUT2D eigenvalue weighted by molar-refractivity contribution is 7.93. The third kappa shape index (κ3) is 6.03. The first kappa shape index (κ1) is 25.5. The lowest BCUT2D eigenvalue weighted by Gasteiger charge is -2.25. The molecule has 3 rings (SSSR count). The Morgan fingerprint density at radius 3 is 2.00 bits per heavy atom. The number of sulfonamides is 1. The van der Waals surface area contributed by atoms with E-state index in [4.69, 9.17) is 0 Å². The summed E-state index contributed by atoms with van der Waals surface area (Å²) in [5, 5.41) is 2.81. The molecule has 0 saturated carbocycles. The first-order valence-electron chi connectivity index (χ1n) is 10.6. The summed E-state index contributed by atoms with van der Waals surface area (Å²) in [4.78, 5) is 13.2. The van der Waals surface area contributed by atoms with Gasteiger partial charge in [0.05, 0.1) is 21.5 Å². The minimum absolute atomic E-state index is 0.0943. The summed E-state index contributed by atoms with van der Waals surface area (Å²) in [6.45, 7) is 5.05. The van der Waals surface area contributed by atoms with Crippen LogP contribution in [0, 0.1) is 13.8 Å². The molecule has 180 valence electrons. The Kier molecular flexibility index (Phi) is 7.48. The van der Waals surface area contributed by atoms with Gasteiger partial charge in [0.15, 0.2) is 9.84 Å². The smallest absolute Gasteiger partial charge is 0.264 e. The highest BCUT2D eigenvalue weighted by atomic mass is 32.2. The molecule has 0 heterocycles. The molecule has 0 aliphatic heterocycles. The number of sulfone groups is 1. The van der Waals surface area contributed by atoms with E-state index in [2.05, 4.69) is 5.32 Å². The average Bonchev–Trinajstić information content (AvgIpc) is 2.77. The molecule has 0 spiro atoms. The van der Waals surface area contributed by atoms with Gasteiger partial charge in [-0.3, -0.25) is 9.10 Å². The number of anilines is 1. The van der Waals surface area contributed by atoms with Crippen molar-refractivity contribution in [1.82, 2.24) is 5.32 Å². The van der Waals surface area contributed by atoms with Crippen molar-refractivity contribution in [3.05, 3.63) is 89.5 Å². The second-order valence-electron chi connectivity index (χ2n) is 8.29. The van der Waals surface area contributed by atoms with E-state index in [1.807, 2.05) is 19.9 Å². The van der Waals surface area contributed by atoms with Crippen LogP contribution in [0.15, 0.2) is 82.6 Å². The molecule has 3 aromatic rings. The molecule has 0 aliphatic carbocycles. The van der Waals surface area contributed by atoms with Crippen LogP contribution in [0.2, 0.25) is 0 Å². The maximum atomic E-state index is 13.5. The van der Waals surface area contributed by atoms with Crippen molar-refractivity contribution < 1.29 is 21.6 Å². The largest absolute Gasteiger partial charge is 0.348 e. The van der Waals surface area contributed by atoms with E-state index < -0.39 is 38.4 Å². The van der Waals surface area contributed by atoms with Gasteiger partial charge < -0.3 is 5.32 Å². The van der Waals surface area contributed by atoms with Crippen molar-refractivity contribution in [2.45, 2.75) is 36.6 Å². The summed E-state index contributed by atoms with van der Waals surface area (Å²) in [6.07, 6.45) is 1.13. The number of nitrogens with zero attached hydrogens (tertiary/aromatic N) is 1. The Morgan fingerprint density at radius 1 is 0.853 bits per heavy atom. The van der Waals surface area contributed by atoms with Crippen molar-refractivity contribution in [1.29, 1.82) is 0 Å². The highest BCUT2D eigenvalue weighted by Gasteiger charge is 2.28. The molecule has 1 N–H and O–H groups in total. The van der Waals surface area contributed by atoms with Crippen LogP contribution >= 0.6 is 0 Å². The zero-order chi connectivity index (χ0) is 25.1. The lowest BCUT2D eigenvalue weighted by Crippen LogP contribution is -2.41. The number of hydrogen-bond acceptors (Lipinski definition) is 5. The molecule has 7 nitrogen and oxygen atoms in total. The van der Waals surface area contributed by atoms with Gasteiger partial charge in [-0.1, -0.05) is 42.0 Å².